The highest BCUT2D eigenvalue weighted by Gasteiger charge is 2.13. The number of hydrogen-bond acceptors (Lipinski definition) is 4. The number of anilines is 1. The third-order valence-corrected chi connectivity index (χ3v) is 4.28. The molecule has 0 saturated heterocycles. The first kappa shape index (κ1) is 21.4. The summed E-state index contributed by atoms with van der Waals surface area (Å²) in [5.41, 5.74) is 1.67. The molecule has 2 amide bonds. The van der Waals surface area contributed by atoms with Crippen LogP contribution in [0.1, 0.15) is 41.5 Å². The first-order valence-electron chi connectivity index (χ1n) is 9.23. The Hall–Kier alpha value is -2.93. The fourth-order valence-electron chi connectivity index (χ4n) is 2.63. The minimum absolute atomic E-state index is 0.0435. The van der Waals surface area contributed by atoms with E-state index in [1.165, 1.54) is 0 Å². The molecule has 2 aromatic rings. The zero-order valence-corrected chi connectivity index (χ0v) is 17.1. The lowest BCUT2D eigenvalue weighted by atomic mass is 10.1. The molecule has 0 unspecified atom stereocenters. The molecule has 0 aliphatic rings. The van der Waals surface area contributed by atoms with E-state index in [0.29, 0.717) is 42.3 Å². The van der Waals surface area contributed by atoms with Crippen LogP contribution in [0.25, 0.3) is 0 Å². The third-order valence-electron chi connectivity index (χ3n) is 4.07. The van der Waals surface area contributed by atoms with Gasteiger partial charge in [0, 0.05) is 29.9 Å². The summed E-state index contributed by atoms with van der Waals surface area (Å²) >= 11 is 5.22. The van der Waals surface area contributed by atoms with Crippen molar-refractivity contribution in [2.45, 2.75) is 20.8 Å². The Bertz CT molecular complexity index is 833. The second-order valence-electron chi connectivity index (χ2n) is 5.92. The number of carbonyl (C=O) groups is 2. The van der Waals surface area contributed by atoms with Gasteiger partial charge in [0.15, 0.2) is 5.11 Å². The maximum atomic E-state index is 12.5. The van der Waals surface area contributed by atoms with Crippen molar-refractivity contribution < 1.29 is 14.3 Å². The fraction of sp³-hybridized carbons (Fsp3) is 0.286. The van der Waals surface area contributed by atoms with E-state index in [2.05, 4.69) is 10.6 Å². The van der Waals surface area contributed by atoms with Crippen molar-refractivity contribution in [3.8, 4) is 5.75 Å². The van der Waals surface area contributed by atoms with Crippen molar-refractivity contribution >= 4 is 34.8 Å². The van der Waals surface area contributed by atoms with Crippen molar-refractivity contribution in [1.29, 1.82) is 0 Å². The molecule has 0 atom stereocenters. The van der Waals surface area contributed by atoms with Gasteiger partial charge in [-0.1, -0.05) is 6.07 Å². The summed E-state index contributed by atoms with van der Waals surface area (Å²) in [4.78, 5) is 26.5. The van der Waals surface area contributed by atoms with Crippen LogP contribution in [0.2, 0.25) is 0 Å². The molecule has 0 bridgehead atoms. The molecule has 0 fully saturated rings. The van der Waals surface area contributed by atoms with Gasteiger partial charge in [-0.2, -0.15) is 0 Å². The number of hydrogen-bond donors (Lipinski definition) is 2. The smallest absolute Gasteiger partial charge is 0.257 e. The van der Waals surface area contributed by atoms with Gasteiger partial charge in [0.05, 0.1) is 6.61 Å². The highest BCUT2D eigenvalue weighted by molar-refractivity contribution is 7.80. The second kappa shape index (κ2) is 10.4. The normalized spacial score (nSPS) is 10.1. The topological polar surface area (TPSA) is 70.7 Å². The number of nitrogens with one attached hydrogen (secondary N) is 2. The number of benzene rings is 2. The summed E-state index contributed by atoms with van der Waals surface area (Å²) in [6.45, 7) is 7.63. The van der Waals surface area contributed by atoms with Crippen LogP contribution in [0.4, 0.5) is 5.69 Å². The summed E-state index contributed by atoms with van der Waals surface area (Å²) in [7, 11) is 0. The van der Waals surface area contributed by atoms with E-state index in [-0.39, 0.29) is 16.9 Å². The maximum absolute atomic E-state index is 12.5. The Balaban J connectivity index is 2.00. The minimum atomic E-state index is -0.323. The maximum Gasteiger partial charge on any atom is 0.257 e. The van der Waals surface area contributed by atoms with Crippen LogP contribution < -0.4 is 15.4 Å². The standard InChI is InChI=1S/C21H25N3O3S/c1-4-24(5-2)20(26)16-8-7-9-17(14-16)22-21(28)23-19(25)15-10-12-18(13-11-15)27-6-3/h7-14H,4-6H2,1-3H3,(H2,22,23,25,28). The van der Waals surface area contributed by atoms with Crippen LogP contribution in [0.3, 0.4) is 0 Å². The molecular formula is C21H25N3O3S. The zero-order chi connectivity index (χ0) is 20.5. The number of thiocarbonyl (C=S) groups is 1. The highest BCUT2D eigenvalue weighted by atomic mass is 32.1. The average Bonchev–Trinajstić information content (AvgIpc) is 2.69. The van der Waals surface area contributed by atoms with E-state index in [4.69, 9.17) is 17.0 Å². The van der Waals surface area contributed by atoms with E-state index in [1.807, 2.05) is 20.8 Å². The van der Waals surface area contributed by atoms with Gasteiger partial charge in [-0.3, -0.25) is 14.9 Å². The molecule has 0 heterocycles. The SMILES string of the molecule is CCOc1ccc(C(=O)NC(=S)Nc2cccc(C(=O)N(CC)CC)c2)cc1. The first-order valence-corrected chi connectivity index (χ1v) is 9.63. The van der Waals surface area contributed by atoms with Gasteiger partial charge < -0.3 is 15.0 Å². The Morgan fingerprint density at radius 2 is 1.68 bits per heavy atom. The van der Waals surface area contributed by atoms with E-state index in [0.717, 1.165) is 0 Å². The summed E-state index contributed by atoms with van der Waals surface area (Å²) in [6.07, 6.45) is 0. The van der Waals surface area contributed by atoms with E-state index in [1.54, 1.807) is 53.4 Å². The zero-order valence-electron chi connectivity index (χ0n) is 16.3. The van der Waals surface area contributed by atoms with Crippen LogP contribution in [-0.4, -0.2) is 41.5 Å². The number of amides is 2. The third kappa shape index (κ3) is 5.79. The molecular weight excluding hydrogens is 374 g/mol. The molecule has 0 aliphatic heterocycles. The Morgan fingerprint density at radius 1 is 1.00 bits per heavy atom. The molecule has 7 heteroatoms. The molecule has 0 aromatic heterocycles. The van der Waals surface area contributed by atoms with Crippen molar-refractivity contribution in [1.82, 2.24) is 10.2 Å². The molecule has 28 heavy (non-hydrogen) atoms. The van der Waals surface area contributed by atoms with Crippen molar-refractivity contribution in [2.24, 2.45) is 0 Å². The fourth-order valence-corrected chi connectivity index (χ4v) is 2.84. The predicted octanol–water partition coefficient (Wildman–Crippen LogP) is 3.69. The van der Waals surface area contributed by atoms with Crippen LogP contribution in [0, 0.1) is 0 Å². The molecule has 6 nitrogen and oxygen atoms in total. The first-order chi connectivity index (χ1) is 13.5. The van der Waals surface area contributed by atoms with Crippen LogP contribution >= 0.6 is 12.2 Å². The van der Waals surface area contributed by atoms with Gasteiger partial charge in [0.2, 0.25) is 0 Å². The number of ether oxygens (including phenoxy) is 1. The lowest BCUT2D eigenvalue weighted by Gasteiger charge is -2.19. The summed E-state index contributed by atoms with van der Waals surface area (Å²) < 4.78 is 5.36. The van der Waals surface area contributed by atoms with Gasteiger partial charge in [-0.25, -0.2) is 0 Å². The van der Waals surface area contributed by atoms with Crippen molar-refractivity contribution in [3.63, 3.8) is 0 Å². The van der Waals surface area contributed by atoms with Gasteiger partial charge in [-0.05, 0) is 75.5 Å². The van der Waals surface area contributed by atoms with Gasteiger partial charge in [0.1, 0.15) is 5.75 Å². The monoisotopic (exact) mass is 399 g/mol. The molecule has 2 aromatic carbocycles. The summed E-state index contributed by atoms with van der Waals surface area (Å²) in [5, 5.41) is 5.74. The Kier molecular flexibility index (Phi) is 7.95. The average molecular weight is 400 g/mol. The molecule has 0 aliphatic carbocycles. The van der Waals surface area contributed by atoms with E-state index < -0.39 is 0 Å². The lowest BCUT2D eigenvalue weighted by Crippen LogP contribution is -2.34. The molecule has 0 saturated carbocycles. The second-order valence-corrected chi connectivity index (χ2v) is 6.33. The predicted molar refractivity (Wildman–Crippen MR) is 115 cm³/mol. The summed E-state index contributed by atoms with van der Waals surface area (Å²) in [5.74, 6) is 0.336. The van der Waals surface area contributed by atoms with Gasteiger partial charge in [-0.15, -0.1) is 0 Å². The number of rotatable bonds is 7. The minimum Gasteiger partial charge on any atom is -0.494 e. The Labute approximate surface area is 170 Å². The number of carbonyl (C=O) groups excluding carboxylic acids is 2. The molecule has 2 N–H and O–H groups in total. The quantitative estimate of drug-likeness (QED) is 0.695. The van der Waals surface area contributed by atoms with E-state index >= 15 is 0 Å². The molecule has 0 radical (unpaired) electrons. The van der Waals surface area contributed by atoms with Crippen LogP contribution in [0.5, 0.6) is 5.75 Å². The largest absolute Gasteiger partial charge is 0.494 e. The van der Waals surface area contributed by atoms with Crippen LogP contribution in [-0.2, 0) is 0 Å². The summed E-state index contributed by atoms with van der Waals surface area (Å²) in [6, 6.07) is 13.8. The molecule has 148 valence electrons. The highest BCUT2D eigenvalue weighted by Crippen LogP contribution is 2.14. The van der Waals surface area contributed by atoms with Gasteiger partial charge in [0.25, 0.3) is 11.8 Å². The molecule has 2 rings (SSSR count). The van der Waals surface area contributed by atoms with Gasteiger partial charge >= 0.3 is 0 Å². The van der Waals surface area contributed by atoms with E-state index in [9.17, 15) is 9.59 Å². The van der Waals surface area contributed by atoms with Crippen molar-refractivity contribution in [3.05, 3.63) is 59.7 Å². The van der Waals surface area contributed by atoms with Crippen molar-refractivity contribution in [2.75, 3.05) is 25.0 Å². The Morgan fingerprint density at radius 3 is 2.29 bits per heavy atom. The van der Waals surface area contributed by atoms with Crippen LogP contribution in [0.15, 0.2) is 48.5 Å². The molecule has 0 spiro atoms. The number of nitrogens with zero attached hydrogens (tertiary/aromatic N) is 1. The lowest BCUT2D eigenvalue weighted by molar-refractivity contribution is 0.0772.